The summed E-state index contributed by atoms with van der Waals surface area (Å²) in [5.74, 6) is -0.537. The summed E-state index contributed by atoms with van der Waals surface area (Å²) >= 11 is 0. The highest BCUT2D eigenvalue weighted by Gasteiger charge is 2.07. The van der Waals surface area contributed by atoms with Gasteiger partial charge in [-0.2, -0.15) is 0 Å². The van der Waals surface area contributed by atoms with Crippen molar-refractivity contribution in [3.63, 3.8) is 0 Å². The van der Waals surface area contributed by atoms with Gasteiger partial charge in [-0.1, -0.05) is 0 Å². The molecular weight excluding hydrogens is 278 g/mol. The molecule has 2 amide bonds. The molecule has 8 nitrogen and oxygen atoms in total. The zero-order valence-electron chi connectivity index (χ0n) is 11.4. The molecule has 0 atom stereocenters. The van der Waals surface area contributed by atoms with Crippen LogP contribution in [0.25, 0.3) is 11.0 Å². The van der Waals surface area contributed by atoms with Crippen LogP contribution < -0.4 is 16.2 Å². The number of ether oxygens (including phenoxy) is 1. The number of hydrogen-bond acceptors (Lipinski definition) is 5. The molecule has 2 aromatic rings. The number of furan rings is 1. The molecule has 0 aromatic carbocycles. The van der Waals surface area contributed by atoms with Gasteiger partial charge in [0.1, 0.15) is 6.54 Å². The van der Waals surface area contributed by atoms with Gasteiger partial charge in [-0.15, -0.1) is 0 Å². The van der Waals surface area contributed by atoms with Gasteiger partial charge in [0.15, 0.2) is 5.58 Å². The van der Waals surface area contributed by atoms with Crippen LogP contribution >= 0.6 is 0 Å². The second-order valence-corrected chi connectivity index (χ2v) is 4.20. The van der Waals surface area contributed by atoms with Crippen molar-refractivity contribution in [1.29, 1.82) is 0 Å². The summed E-state index contributed by atoms with van der Waals surface area (Å²) in [5.41, 5.74) is 0.0295. The van der Waals surface area contributed by atoms with Gasteiger partial charge in [0.2, 0.25) is 0 Å². The van der Waals surface area contributed by atoms with Crippen LogP contribution in [0.1, 0.15) is 0 Å². The summed E-state index contributed by atoms with van der Waals surface area (Å²) in [7, 11) is 1.24. The number of methoxy groups -OCH3 is 1. The van der Waals surface area contributed by atoms with Crippen LogP contribution in [0.4, 0.5) is 4.79 Å². The van der Waals surface area contributed by atoms with Gasteiger partial charge in [0.25, 0.3) is 5.56 Å². The number of hydrogen-bond donors (Lipinski definition) is 2. The zero-order valence-corrected chi connectivity index (χ0v) is 11.4. The molecule has 0 bridgehead atoms. The number of rotatable bonds is 5. The van der Waals surface area contributed by atoms with Gasteiger partial charge in [-0.3, -0.25) is 9.59 Å². The number of pyridine rings is 1. The normalized spacial score (nSPS) is 10.3. The number of nitrogens with one attached hydrogen (secondary N) is 2. The fourth-order valence-electron chi connectivity index (χ4n) is 1.75. The molecule has 2 aromatic heterocycles. The Morgan fingerprint density at radius 3 is 2.90 bits per heavy atom. The van der Waals surface area contributed by atoms with E-state index >= 15 is 0 Å². The topological polar surface area (TPSA) is 103 Å². The van der Waals surface area contributed by atoms with Crippen molar-refractivity contribution in [2.45, 2.75) is 6.54 Å². The van der Waals surface area contributed by atoms with Crippen LogP contribution in [-0.4, -0.2) is 36.8 Å². The molecule has 0 unspecified atom stereocenters. The minimum absolute atomic E-state index is 0.208. The molecule has 0 fully saturated rings. The predicted molar refractivity (Wildman–Crippen MR) is 73.9 cm³/mol. The highest BCUT2D eigenvalue weighted by atomic mass is 16.5. The number of urea groups is 1. The Balaban J connectivity index is 1.85. The standard InChI is InChI=1S/C13H15N3O5/c1-20-10(17)8-15-13(19)14-4-6-16-5-2-9-3-7-21-11(9)12(16)18/h2-3,5,7H,4,6,8H2,1H3,(H2,14,15,19). The summed E-state index contributed by atoms with van der Waals surface area (Å²) in [6, 6.07) is 2.96. The van der Waals surface area contributed by atoms with Crippen molar-refractivity contribution in [2.24, 2.45) is 0 Å². The number of esters is 1. The van der Waals surface area contributed by atoms with Crippen molar-refractivity contribution < 1.29 is 18.7 Å². The highest BCUT2D eigenvalue weighted by Crippen LogP contribution is 2.09. The average Bonchev–Trinajstić information content (AvgIpc) is 2.96. The molecule has 0 radical (unpaired) electrons. The van der Waals surface area contributed by atoms with Crippen molar-refractivity contribution in [3.05, 3.63) is 34.9 Å². The monoisotopic (exact) mass is 293 g/mol. The fraction of sp³-hybridized carbons (Fsp3) is 0.308. The lowest BCUT2D eigenvalue weighted by Crippen LogP contribution is -2.40. The Bertz CT molecular complexity index is 703. The van der Waals surface area contributed by atoms with Gasteiger partial charge in [0.05, 0.1) is 13.4 Å². The van der Waals surface area contributed by atoms with Crippen LogP contribution in [0, 0.1) is 0 Å². The van der Waals surface area contributed by atoms with Crippen LogP contribution in [0.2, 0.25) is 0 Å². The van der Waals surface area contributed by atoms with Gasteiger partial charge in [0, 0.05) is 24.7 Å². The van der Waals surface area contributed by atoms with E-state index in [2.05, 4.69) is 15.4 Å². The number of nitrogens with zero attached hydrogens (tertiary/aromatic N) is 1. The van der Waals surface area contributed by atoms with Crippen molar-refractivity contribution in [3.8, 4) is 0 Å². The first-order valence-electron chi connectivity index (χ1n) is 6.27. The molecule has 2 N–H and O–H groups in total. The van der Waals surface area contributed by atoms with E-state index in [-0.39, 0.29) is 24.2 Å². The maximum Gasteiger partial charge on any atom is 0.325 e. The molecule has 0 spiro atoms. The van der Waals surface area contributed by atoms with E-state index < -0.39 is 12.0 Å². The number of fused-ring (bicyclic) bond motifs is 1. The van der Waals surface area contributed by atoms with Crippen LogP contribution in [0.5, 0.6) is 0 Å². The Hall–Kier alpha value is -2.77. The molecule has 112 valence electrons. The lowest BCUT2D eigenvalue weighted by Gasteiger charge is -2.08. The van der Waals surface area contributed by atoms with E-state index in [0.29, 0.717) is 6.54 Å². The molecule has 2 rings (SSSR count). The first-order valence-corrected chi connectivity index (χ1v) is 6.27. The molecule has 0 aliphatic heterocycles. The van der Waals surface area contributed by atoms with Gasteiger partial charge < -0.3 is 24.4 Å². The van der Waals surface area contributed by atoms with Gasteiger partial charge >= 0.3 is 12.0 Å². The van der Waals surface area contributed by atoms with Crippen molar-refractivity contribution >= 4 is 23.0 Å². The summed E-state index contributed by atoms with van der Waals surface area (Å²) in [4.78, 5) is 34.2. The van der Waals surface area contributed by atoms with Crippen LogP contribution in [0.3, 0.4) is 0 Å². The number of amides is 2. The van der Waals surface area contributed by atoms with E-state index in [0.717, 1.165) is 5.39 Å². The Labute approximate surface area is 119 Å². The van der Waals surface area contributed by atoms with E-state index in [1.807, 2.05) is 0 Å². The van der Waals surface area contributed by atoms with E-state index in [1.54, 1.807) is 18.3 Å². The first kappa shape index (κ1) is 14.6. The molecular formula is C13H15N3O5. The number of carbonyl (C=O) groups excluding carboxylic acids is 2. The fourth-order valence-corrected chi connectivity index (χ4v) is 1.75. The molecule has 2 heterocycles. The molecule has 0 aliphatic rings. The smallest absolute Gasteiger partial charge is 0.325 e. The SMILES string of the molecule is COC(=O)CNC(=O)NCCn1ccc2ccoc2c1=O. The number of carbonyl (C=O) groups is 2. The average molecular weight is 293 g/mol. The molecule has 8 heteroatoms. The van der Waals surface area contributed by atoms with Crippen LogP contribution in [-0.2, 0) is 16.1 Å². The summed E-state index contributed by atoms with van der Waals surface area (Å²) in [5, 5.41) is 5.60. The van der Waals surface area contributed by atoms with Crippen molar-refractivity contribution in [2.75, 3.05) is 20.2 Å². The third-order valence-electron chi connectivity index (χ3n) is 2.84. The minimum Gasteiger partial charge on any atom is -0.468 e. The predicted octanol–water partition coefficient (Wildman–Crippen LogP) is 0.0667. The van der Waals surface area contributed by atoms with Crippen LogP contribution in [0.15, 0.2) is 33.8 Å². The maximum atomic E-state index is 12.0. The second kappa shape index (κ2) is 6.60. The largest absolute Gasteiger partial charge is 0.468 e. The maximum absolute atomic E-state index is 12.0. The molecule has 0 saturated carbocycles. The first-order chi connectivity index (χ1) is 10.1. The van der Waals surface area contributed by atoms with E-state index in [1.165, 1.54) is 17.9 Å². The van der Waals surface area contributed by atoms with Crippen molar-refractivity contribution in [1.82, 2.24) is 15.2 Å². The number of aromatic nitrogens is 1. The third-order valence-corrected chi connectivity index (χ3v) is 2.84. The summed E-state index contributed by atoms with van der Waals surface area (Å²) in [6.45, 7) is 0.320. The third kappa shape index (κ3) is 3.62. The molecule has 0 saturated heterocycles. The minimum atomic E-state index is -0.537. The zero-order chi connectivity index (χ0) is 15.2. The molecule has 21 heavy (non-hydrogen) atoms. The molecule has 0 aliphatic carbocycles. The second-order valence-electron chi connectivity index (χ2n) is 4.20. The Kier molecular flexibility index (Phi) is 4.60. The highest BCUT2D eigenvalue weighted by molar-refractivity contribution is 5.80. The lowest BCUT2D eigenvalue weighted by molar-refractivity contribution is -0.139. The van der Waals surface area contributed by atoms with E-state index in [9.17, 15) is 14.4 Å². The Morgan fingerprint density at radius 2 is 2.14 bits per heavy atom. The van der Waals surface area contributed by atoms with E-state index in [4.69, 9.17) is 4.42 Å². The summed E-state index contributed by atoms with van der Waals surface area (Å²) in [6.07, 6.45) is 3.09. The summed E-state index contributed by atoms with van der Waals surface area (Å²) < 4.78 is 10.9. The lowest BCUT2D eigenvalue weighted by atomic mass is 10.3. The quantitative estimate of drug-likeness (QED) is 0.759. The van der Waals surface area contributed by atoms with Gasteiger partial charge in [-0.05, 0) is 12.1 Å². The Morgan fingerprint density at radius 1 is 1.33 bits per heavy atom. The van der Waals surface area contributed by atoms with Gasteiger partial charge in [-0.25, -0.2) is 4.79 Å².